The van der Waals surface area contributed by atoms with E-state index in [1.807, 2.05) is 19.3 Å². The van der Waals surface area contributed by atoms with Crippen LogP contribution in [0.4, 0.5) is 0 Å². The fourth-order valence-corrected chi connectivity index (χ4v) is 3.29. The van der Waals surface area contributed by atoms with E-state index in [9.17, 15) is 5.11 Å². The number of aliphatic hydroxyl groups excluding tert-OH is 1. The number of aromatic nitrogens is 2. The van der Waals surface area contributed by atoms with E-state index in [-0.39, 0.29) is 30.6 Å². The molecule has 0 fully saturated rings. The number of imidazole rings is 1. The SMILES string of the molecule is CCCC(CCO)CNC(=NCc1cccc(Cn2ccnc2C)c1)NCC.I. The predicted molar refractivity (Wildman–Crippen MR) is 131 cm³/mol. The normalized spacial score (nSPS) is 12.3. The summed E-state index contributed by atoms with van der Waals surface area (Å²) in [5, 5.41) is 16.0. The standard InChI is InChI=1S/C22H35N5O.HI/c1-4-7-19(10-13-28)15-25-22(23-5-2)26-16-20-8-6-9-21(14-20)17-27-12-11-24-18(27)3;/h6,8-9,11-12,14,19,28H,4-5,7,10,13,15-17H2,1-3H3,(H2,23,25,26);1H. The van der Waals surface area contributed by atoms with Crippen molar-refractivity contribution in [2.24, 2.45) is 10.9 Å². The number of halogens is 1. The monoisotopic (exact) mass is 513 g/mol. The van der Waals surface area contributed by atoms with Gasteiger partial charge in [0.25, 0.3) is 0 Å². The topological polar surface area (TPSA) is 74.5 Å². The largest absolute Gasteiger partial charge is 0.396 e. The summed E-state index contributed by atoms with van der Waals surface area (Å²) in [7, 11) is 0. The summed E-state index contributed by atoms with van der Waals surface area (Å²) < 4.78 is 2.14. The maximum absolute atomic E-state index is 9.24. The van der Waals surface area contributed by atoms with Crippen molar-refractivity contribution < 1.29 is 5.11 Å². The summed E-state index contributed by atoms with van der Waals surface area (Å²) in [5.74, 6) is 2.32. The minimum atomic E-state index is 0. The third-order valence-electron chi connectivity index (χ3n) is 4.82. The van der Waals surface area contributed by atoms with Crippen LogP contribution in [0.25, 0.3) is 0 Å². The molecule has 2 aromatic rings. The Kier molecular flexibility index (Phi) is 12.6. The molecule has 1 aromatic heterocycles. The van der Waals surface area contributed by atoms with Crippen molar-refractivity contribution in [2.45, 2.75) is 53.1 Å². The molecule has 29 heavy (non-hydrogen) atoms. The molecule has 0 radical (unpaired) electrons. The second-order valence-electron chi connectivity index (χ2n) is 7.17. The molecule has 1 unspecified atom stereocenters. The third-order valence-corrected chi connectivity index (χ3v) is 4.82. The highest BCUT2D eigenvalue weighted by atomic mass is 127. The zero-order valence-corrected chi connectivity index (χ0v) is 20.2. The quantitative estimate of drug-likeness (QED) is 0.243. The molecule has 0 aliphatic carbocycles. The van der Waals surface area contributed by atoms with E-state index in [4.69, 9.17) is 4.99 Å². The van der Waals surface area contributed by atoms with Crippen LogP contribution < -0.4 is 10.6 Å². The minimum Gasteiger partial charge on any atom is -0.396 e. The second kappa shape index (κ2) is 14.4. The molecule has 2 rings (SSSR count). The number of hydrogen-bond donors (Lipinski definition) is 3. The van der Waals surface area contributed by atoms with E-state index >= 15 is 0 Å². The van der Waals surface area contributed by atoms with E-state index < -0.39 is 0 Å². The van der Waals surface area contributed by atoms with Crippen LogP contribution in [0.15, 0.2) is 41.7 Å². The van der Waals surface area contributed by atoms with Crippen LogP contribution in [0, 0.1) is 12.8 Å². The molecule has 1 heterocycles. The van der Waals surface area contributed by atoms with E-state index in [2.05, 4.69) is 58.3 Å². The molecule has 0 amide bonds. The minimum absolute atomic E-state index is 0. The van der Waals surface area contributed by atoms with Crippen LogP contribution >= 0.6 is 24.0 Å². The fourth-order valence-electron chi connectivity index (χ4n) is 3.29. The molecule has 0 saturated heterocycles. The van der Waals surface area contributed by atoms with Crippen molar-refractivity contribution in [1.29, 1.82) is 0 Å². The first-order chi connectivity index (χ1) is 13.7. The Bertz CT molecular complexity index is 725. The first-order valence-corrected chi connectivity index (χ1v) is 10.3. The number of hydrogen-bond acceptors (Lipinski definition) is 3. The Balaban J connectivity index is 0.00000420. The lowest BCUT2D eigenvalue weighted by atomic mass is 10.0. The van der Waals surface area contributed by atoms with Gasteiger partial charge in [0, 0.05) is 38.6 Å². The van der Waals surface area contributed by atoms with Gasteiger partial charge in [0.1, 0.15) is 5.82 Å². The van der Waals surface area contributed by atoms with Gasteiger partial charge in [-0.15, -0.1) is 24.0 Å². The van der Waals surface area contributed by atoms with Gasteiger partial charge in [-0.25, -0.2) is 9.98 Å². The van der Waals surface area contributed by atoms with Crippen molar-refractivity contribution in [2.75, 3.05) is 19.7 Å². The van der Waals surface area contributed by atoms with Gasteiger partial charge in [-0.3, -0.25) is 0 Å². The highest BCUT2D eigenvalue weighted by Crippen LogP contribution is 2.11. The number of aryl methyl sites for hydroxylation is 1. The number of guanidine groups is 1. The molecule has 162 valence electrons. The summed E-state index contributed by atoms with van der Waals surface area (Å²) in [6, 6.07) is 8.55. The highest BCUT2D eigenvalue weighted by Gasteiger charge is 2.08. The number of benzene rings is 1. The van der Waals surface area contributed by atoms with Crippen LogP contribution in [-0.2, 0) is 13.1 Å². The molecular weight excluding hydrogens is 477 g/mol. The molecule has 7 heteroatoms. The number of rotatable bonds is 11. The first kappa shape index (κ1) is 25.4. The lowest BCUT2D eigenvalue weighted by molar-refractivity contribution is 0.251. The molecule has 0 spiro atoms. The van der Waals surface area contributed by atoms with Crippen molar-refractivity contribution in [3.8, 4) is 0 Å². The molecule has 0 bridgehead atoms. The Hall–Kier alpha value is -1.61. The molecule has 3 N–H and O–H groups in total. The lowest BCUT2D eigenvalue weighted by Crippen LogP contribution is -2.40. The van der Waals surface area contributed by atoms with Crippen LogP contribution in [0.2, 0.25) is 0 Å². The number of aliphatic hydroxyl groups is 1. The third kappa shape index (κ3) is 9.16. The Morgan fingerprint density at radius 3 is 2.66 bits per heavy atom. The molecule has 0 aliphatic heterocycles. The van der Waals surface area contributed by atoms with Gasteiger partial charge in [0.15, 0.2) is 5.96 Å². The zero-order valence-electron chi connectivity index (χ0n) is 17.9. The van der Waals surface area contributed by atoms with Crippen LogP contribution in [0.3, 0.4) is 0 Å². The molecule has 1 atom stereocenters. The summed E-state index contributed by atoms with van der Waals surface area (Å²) in [6.07, 6.45) is 6.91. The molecular formula is C22H36IN5O. The molecule has 0 saturated carbocycles. The Morgan fingerprint density at radius 1 is 1.21 bits per heavy atom. The number of nitrogens with zero attached hydrogens (tertiary/aromatic N) is 3. The van der Waals surface area contributed by atoms with E-state index in [0.29, 0.717) is 12.5 Å². The van der Waals surface area contributed by atoms with Gasteiger partial charge in [-0.05, 0) is 43.7 Å². The van der Waals surface area contributed by atoms with Gasteiger partial charge in [-0.2, -0.15) is 0 Å². The first-order valence-electron chi connectivity index (χ1n) is 10.3. The maximum atomic E-state index is 9.24. The summed E-state index contributed by atoms with van der Waals surface area (Å²) in [5.41, 5.74) is 2.44. The predicted octanol–water partition coefficient (Wildman–Crippen LogP) is 3.71. The molecule has 6 nitrogen and oxygen atoms in total. The fraction of sp³-hybridized carbons (Fsp3) is 0.545. The zero-order chi connectivity index (χ0) is 20.2. The van der Waals surface area contributed by atoms with Crippen molar-refractivity contribution in [3.05, 3.63) is 53.6 Å². The molecule has 0 aliphatic rings. The van der Waals surface area contributed by atoms with Crippen LogP contribution in [0.5, 0.6) is 0 Å². The smallest absolute Gasteiger partial charge is 0.191 e. The van der Waals surface area contributed by atoms with Crippen molar-refractivity contribution in [3.63, 3.8) is 0 Å². The maximum Gasteiger partial charge on any atom is 0.191 e. The summed E-state index contributed by atoms with van der Waals surface area (Å²) in [6.45, 7) is 9.62. The van der Waals surface area contributed by atoms with Crippen LogP contribution in [-0.4, -0.2) is 40.3 Å². The van der Waals surface area contributed by atoms with Crippen molar-refractivity contribution >= 4 is 29.9 Å². The summed E-state index contributed by atoms with van der Waals surface area (Å²) in [4.78, 5) is 9.03. The number of aliphatic imine (C=N–C) groups is 1. The van der Waals surface area contributed by atoms with Gasteiger partial charge < -0.3 is 20.3 Å². The average Bonchev–Trinajstić information content (AvgIpc) is 3.09. The van der Waals surface area contributed by atoms with E-state index in [0.717, 1.165) is 50.7 Å². The van der Waals surface area contributed by atoms with Gasteiger partial charge in [0.05, 0.1) is 6.54 Å². The van der Waals surface area contributed by atoms with Gasteiger partial charge >= 0.3 is 0 Å². The number of nitrogens with one attached hydrogen (secondary N) is 2. The second-order valence-corrected chi connectivity index (χ2v) is 7.17. The lowest BCUT2D eigenvalue weighted by Gasteiger charge is -2.18. The molecule has 1 aromatic carbocycles. The van der Waals surface area contributed by atoms with Crippen LogP contribution in [0.1, 0.15) is 50.1 Å². The van der Waals surface area contributed by atoms with Gasteiger partial charge in [-0.1, -0.05) is 37.6 Å². The average molecular weight is 513 g/mol. The Morgan fingerprint density at radius 2 is 2.00 bits per heavy atom. The summed E-state index contributed by atoms with van der Waals surface area (Å²) >= 11 is 0. The van der Waals surface area contributed by atoms with Crippen molar-refractivity contribution in [1.82, 2.24) is 20.2 Å². The Labute approximate surface area is 192 Å². The van der Waals surface area contributed by atoms with Gasteiger partial charge in [0.2, 0.25) is 0 Å². The van der Waals surface area contributed by atoms with E-state index in [1.54, 1.807) is 0 Å². The highest BCUT2D eigenvalue weighted by molar-refractivity contribution is 14.0. The van der Waals surface area contributed by atoms with E-state index in [1.165, 1.54) is 11.1 Å².